The third-order valence-corrected chi connectivity index (χ3v) is 8.87. The molecule has 222 valence electrons. The summed E-state index contributed by atoms with van der Waals surface area (Å²) in [6, 6.07) is 21.3. The van der Waals surface area contributed by atoms with Crippen molar-refractivity contribution in [2.45, 2.75) is 57.7 Å². The number of carbonyl (C=O) groups is 2. The summed E-state index contributed by atoms with van der Waals surface area (Å²) in [4.78, 5) is 29.7. The first-order valence-electron chi connectivity index (χ1n) is 14.2. The summed E-state index contributed by atoms with van der Waals surface area (Å²) in [7, 11) is -3.88. The van der Waals surface area contributed by atoms with Gasteiger partial charge >= 0.3 is 0 Å². The van der Waals surface area contributed by atoms with E-state index < -0.39 is 28.5 Å². The van der Waals surface area contributed by atoms with Gasteiger partial charge in [-0.3, -0.25) is 13.9 Å². The number of nitrogens with one attached hydrogen (secondary N) is 1. The first kappa shape index (κ1) is 29.4. The van der Waals surface area contributed by atoms with Crippen molar-refractivity contribution < 1.29 is 27.5 Å². The zero-order valence-corrected chi connectivity index (χ0v) is 24.8. The predicted molar refractivity (Wildman–Crippen MR) is 161 cm³/mol. The van der Waals surface area contributed by atoms with Gasteiger partial charge in [-0.25, -0.2) is 8.42 Å². The lowest BCUT2D eigenvalue weighted by Gasteiger charge is -2.34. The molecule has 5 rings (SSSR count). The minimum absolute atomic E-state index is 0.0398. The Morgan fingerprint density at radius 1 is 0.929 bits per heavy atom. The molecule has 1 N–H and O–H groups in total. The van der Waals surface area contributed by atoms with Gasteiger partial charge in [0.15, 0.2) is 11.5 Å². The van der Waals surface area contributed by atoms with E-state index in [4.69, 9.17) is 9.47 Å². The van der Waals surface area contributed by atoms with E-state index in [1.54, 1.807) is 18.2 Å². The lowest BCUT2D eigenvalue weighted by Crippen LogP contribution is -2.54. The third kappa shape index (κ3) is 7.23. The first-order chi connectivity index (χ1) is 20.2. The van der Waals surface area contributed by atoms with Crippen molar-refractivity contribution in [2.75, 3.05) is 23.9 Å². The highest BCUT2D eigenvalue weighted by atomic mass is 32.2. The molecule has 1 aliphatic carbocycles. The number of hydrogen-bond donors (Lipinski definition) is 1. The van der Waals surface area contributed by atoms with E-state index in [9.17, 15) is 18.0 Å². The molecular formula is C32H37N3O6S. The van der Waals surface area contributed by atoms with Crippen LogP contribution in [0.4, 0.5) is 5.69 Å². The molecule has 1 saturated carbocycles. The summed E-state index contributed by atoms with van der Waals surface area (Å²) < 4.78 is 37.9. The molecule has 2 amide bonds. The minimum Gasteiger partial charge on any atom is -0.454 e. The molecule has 0 saturated heterocycles. The van der Waals surface area contributed by atoms with Gasteiger partial charge in [0.05, 0.1) is 11.9 Å². The van der Waals surface area contributed by atoms with Gasteiger partial charge in [0, 0.05) is 25.1 Å². The molecule has 1 heterocycles. The Hall–Kier alpha value is -4.05. The van der Waals surface area contributed by atoms with E-state index in [0.29, 0.717) is 17.9 Å². The molecule has 0 aromatic heterocycles. The SMILES string of the molecule is Cc1cccc(CN(C(=O)CN(c2ccc3c(c2)OCO3)S(C)(=O)=O)C(Cc2ccccc2)C(=O)NC2CCCC2)c1. The van der Waals surface area contributed by atoms with Crippen molar-refractivity contribution >= 4 is 27.5 Å². The fourth-order valence-electron chi connectivity index (χ4n) is 5.58. The summed E-state index contributed by atoms with van der Waals surface area (Å²) in [6.07, 6.45) is 5.27. The molecule has 42 heavy (non-hydrogen) atoms. The zero-order valence-electron chi connectivity index (χ0n) is 24.0. The Morgan fingerprint density at radius 2 is 1.64 bits per heavy atom. The van der Waals surface area contributed by atoms with Gasteiger partial charge in [0.25, 0.3) is 0 Å². The Balaban J connectivity index is 1.50. The molecule has 10 heteroatoms. The number of sulfonamides is 1. The van der Waals surface area contributed by atoms with E-state index in [-0.39, 0.29) is 31.0 Å². The van der Waals surface area contributed by atoms with E-state index in [2.05, 4.69) is 5.32 Å². The Kier molecular flexibility index (Phi) is 9.01. The van der Waals surface area contributed by atoms with Gasteiger partial charge in [-0.2, -0.15) is 0 Å². The second-order valence-electron chi connectivity index (χ2n) is 11.0. The number of ether oxygens (including phenoxy) is 2. The molecule has 1 unspecified atom stereocenters. The van der Waals surface area contributed by atoms with Crippen molar-refractivity contribution in [2.24, 2.45) is 0 Å². The predicted octanol–water partition coefficient (Wildman–Crippen LogP) is 4.19. The van der Waals surface area contributed by atoms with Crippen molar-refractivity contribution in [3.63, 3.8) is 0 Å². The van der Waals surface area contributed by atoms with Crippen molar-refractivity contribution in [3.05, 3.63) is 89.5 Å². The molecule has 0 bridgehead atoms. The standard InChI is InChI=1S/C32H37N3O6S/c1-23-9-8-12-25(17-23)20-34(28(18-24-10-4-3-5-11-24)32(37)33-26-13-6-7-14-26)31(36)21-35(42(2,38)39)27-15-16-29-30(19-27)41-22-40-29/h3-5,8-12,15-17,19,26,28H,6-7,13-14,18,20-22H2,1-2H3,(H,33,37). The lowest BCUT2D eigenvalue weighted by atomic mass is 10.0. The van der Waals surface area contributed by atoms with Crippen LogP contribution < -0.4 is 19.1 Å². The van der Waals surface area contributed by atoms with Crippen LogP contribution in [0.25, 0.3) is 0 Å². The van der Waals surface area contributed by atoms with Gasteiger partial charge in [-0.1, -0.05) is 73.0 Å². The average Bonchev–Trinajstić information content (AvgIpc) is 3.65. The molecule has 0 radical (unpaired) electrons. The second kappa shape index (κ2) is 12.9. The van der Waals surface area contributed by atoms with E-state index in [0.717, 1.165) is 52.9 Å². The number of amides is 2. The molecule has 1 aliphatic heterocycles. The topological polar surface area (TPSA) is 105 Å². The maximum atomic E-state index is 14.3. The summed E-state index contributed by atoms with van der Waals surface area (Å²) in [5.41, 5.74) is 3.06. The molecule has 0 spiro atoms. The van der Waals surface area contributed by atoms with Crippen LogP contribution in [0.2, 0.25) is 0 Å². The van der Waals surface area contributed by atoms with Gasteiger partial charge in [-0.05, 0) is 43.0 Å². The van der Waals surface area contributed by atoms with Crippen molar-refractivity contribution in [1.82, 2.24) is 10.2 Å². The van der Waals surface area contributed by atoms with Crippen molar-refractivity contribution in [3.8, 4) is 11.5 Å². The highest BCUT2D eigenvalue weighted by molar-refractivity contribution is 7.92. The number of fused-ring (bicyclic) bond motifs is 1. The normalized spacial score (nSPS) is 15.3. The summed E-state index contributed by atoms with van der Waals surface area (Å²) >= 11 is 0. The number of nitrogens with zero attached hydrogens (tertiary/aromatic N) is 2. The van der Waals surface area contributed by atoms with Crippen LogP contribution in [0.1, 0.15) is 42.4 Å². The van der Waals surface area contributed by atoms with E-state index in [1.807, 2.05) is 61.5 Å². The number of hydrogen-bond acceptors (Lipinski definition) is 6. The first-order valence-corrected chi connectivity index (χ1v) is 16.1. The Bertz CT molecular complexity index is 1520. The lowest BCUT2D eigenvalue weighted by molar-refractivity contribution is -0.140. The van der Waals surface area contributed by atoms with Crippen LogP contribution in [-0.4, -0.2) is 56.8 Å². The third-order valence-electron chi connectivity index (χ3n) is 7.73. The highest BCUT2D eigenvalue weighted by Gasteiger charge is 2.34. The molecular weight excluding hydrogens is 554 g/mol. The van der Waals surface area contributed by atoms with Gasteiger partial charge < -0.3 is 19.7 Å². The van der Waals surface area contributed by atoms with Gasteiger partial charge in [-0.15, -0.1) is 0 Å². The van der Waals surface area contributed by atoms with Crippen LogP contribution in [-0.2, 0) is 32.6 Å². The number of anilines is 1. The Labute approximate surface area is 247 Å². The van der Waals surface area contributed by atoms with Gasteiger partial charge in [0.1, 0.15) is 12.6 Å². The second-order valence-corrected chi connectivity index (χ2v) is 12.9. The molecule has 9 nitrogen and oxygen atoms in total. The van der Waals surface area contributed by atoms with Crippen LogP contribution in [0.15, 0.2) is 72.8 Å². The largest absolute Gasteiger partial charge is 0.454 e. The van der Waals surface area contributed by atoms with Crippen LogP contribution >= 0.6 is 0 Å². The van der Waals surface area contributed by atoms with E-state index in [1.165, 1.54) is 4.90 Å². The maximum absolute atomic E-state index is 14.3. The van der Waals surface area contributed by atoms with Gasteiger partial charge in [0.2, 0.25) is 28.6 Å². The average molecular weight is 592 g/mol. The highest BCUT2D eigenvalue weighted by Crippen LogP contribution is 2.36. The molecule has 2 aliphatic rings. The molecule has 3 aromatic carbocycles. The van der Waals surface area contributed by atoms with Crippen LogP contribution in [0.5, 0.6) is 11.5 Å². The van der Waals surface area contributed by atoms with Crippen LogP contribution in [0, 0.1) is 6.92 Å². The summed E-state index contributed by atoms with van der Waals surface area (Å²) in [5.74, 6) is 0.192. The zero-order chi connectivity index (χ0) is 29.7. The molecule has 1 atom stereocenters. The summed E-state index contributed by atoms with van der Waals surface area (Å²) in [6.45, 7) is 1.67. The number of rotatable bonds is 11. The maximum Gasteiger partial charge on any atom is 0.244 e. The monoisotopic (exact) mass is 591 g/mol. The van der Waals surface area contributed by atoms with Crippen molar-refractivity contribution in [1.29, 1.82) is 0 Å². The smallest absolute Gasteiger partial charge is 0.244 e. The number of carbonyl (C=O) groups excluding carboxylic acids is 2. The number of benzene rings is 3. The fourth-order valence-corrected chi connectivity index (χ4v) is 6.42. The number of aryl methyl sites for hydroxylation is 1. The molecule has 1 fully saturated rings. The molecule has 3 aromatic rings. The van der Waals surface area contributed by atoms with E-state index >= 15 is 0 Å². The summed E-state index contributed by atoms with van der Waals surface area (Å²) in [5, 5.41) is 3.18. The minimum atomic E-state index is -3.88. The quantitative estimate of drug-likeness (QED) is 0.359. The van der Waals surface area contributed by atoms with Crippen LogP contribution in [0.3, 0.4) is 0 Å². The fraction of sp³-hybridized carbons (Fsp3) is 0.375. The Morgan fingerprint density at radius 3 is 2.36 bits per heavy atom.